The maximum absolute atomic E-state index is 13.4. The average molecular weight is 495 g/mol. The molecule has 0 radical (unpaired) electrons. The highest BCUT2D eigenvalue weighted by atomic mass is 79.9. The number of carbonyl (C=O) groups is 1. The maximum atomic E-state index is 13.4. The number of nitrogens with zero attached hydrogens (tertiary/aromatic N) is 2. The van der Waals surface area contributed by atoms with E-state index >= 15 is 0 Å². The first-order chi connectivity index (χ1) is 15.4. The Hall–Kier alpha value is -3.85. The Morgan fingerprint density at radius 1 is 1.03 bits per heavy atom. The molecule has 0 fully saturated rings. The minimum absolute atomic E-state index is 0.0429. The fourth-order valence-electron chi connectivity index (χ4n) is 3.32. The summed E-state index contributed by atoms with van der Waals surface area (Å²) in [6.45, 7) is 0.0923. The van der Waals surface area contributed by atoms with Crippen molar-refractivity contribution in [1.29, 1.82) is 0 Å². The topological polar surface area (TPSA) is 114 Å². The molecule has 0 saturated carbocycles. The third-order valence-corrected chi connectivity index (χ3v) is 5.43. The number of carbonyl (C=O) groups excluding carboxylic acids is 1. The molecule has 1 amide bonds. The van der Waals surface area contributed by atoms with Crippen molar-refractivity contribution >= 4 is 33.3 Å². The van der Waals surface area contributed by atoms with Crippen molar-refractivity contribution in [2.45, 2.75) is 13.1 Å². The van der Waals surface area contributed by atoms with Crippen LogP contribution in [0.1, 0.15) is 21.7 Å². The molecule has 2 aromatic carbocycles. The quantitative estimate of drug-likeness (QED) is 0.426. The highest BCUT2D eigenvalue weighted by Crippen LogP contribution is 2.23. The molecule has 8 nitrogen and oxygen atoms in total. The van der Waals surface area contributed by atoms with Crippen molar-refractivity contribution in [3.8, 4) is 0 Å². The summed E-state index contributed by atoms with van der Waals surface area (Å²) < 4.78 is 7.44. The van der Waals surface area contributed by atoms with Crippen molar-refractivity contribution in [1.82, 2.24) is 9.55 Å². The van der Waals surface area contributed by atoms with E-state index < -0.39 is 17.2 Å². The molecule has 0 bridgehead atoms. The summed E-state index contributed by atoms with van der Waals surface area (Å²) in [6, 6.07) is 19.3. The Kier molecular flexibility index (Phi) is 6.09. The number of anilines is 2. The minimum Gasteiger partial charge on any atom is -0.467 e. The molecular weight excluding hydrogens is 476 g/mol. The van der Waals surface area contributed by atoms with Gasteiger partial charge in [0.15, 0.2) is 5.69 Å². The lowest BCUT2D eigenvalue weighted by atomic mass is 10.2. The number of rotatable bonds is 6. The number of nitrogen functional groups attached to an aromatic ring is 1. The number of hydrogen-bond acceptors (Lipinski definition) is 5. The van der Waals surface area contributed by atoms with Crippen LogP contribution in [0.15, 0.2) is 91.5 Å². The second-order valence-electron chi connectivity index (χ2n) is 7.04. The van der Waals surface area contributed by atoms with Gasteiger partial charge in [0.1, 0.15) is 11.6 Å². The van der Waals surface area contributed by atoms with Gasteiger partial charge in [0, 0.05) is 10.0 Å². The van der Waals surface area contributed by atoms with E-state index in [9.17, 15) is 14.4 Å². The number of aromatic amines is 1. The van der Waals surface area contributed by atoms with Gasteiger partial charge in [-0.25, -0.2) is 4.79 Å². The molecule has 3 N–H and O–H groups in total. The Morgan fingerprint density at radius 3 is 2.41 bits per heavy atom. The Bertz CT molecular complexity index is 1340. The number of nitrogens with one attached hydrogen (secondary N) is 1. The fourth-order valence-corrected chi connectivity index (χ4v) is 3.58. The molecule has 2 heterocycles. The monoisotopic (exact) mass is 494 g/mol. The van der Waals surface area contributed by atoms with Gasteiger partial charge in [-0.15, -0.1) is 0 Å². The van der Waals surface area contributed by atoms with Gasteiger partial charge in [0.05, 0.1) is 19.4 Å². The van der Waals surface area contributed by atoms with Crippen LogP contribution in [-0.4, -0.2) is 15.5 Å². The van der Waals surface area contributed by atoms with Crippen LogP contribution < -0.4 is 21.9 Å². The molecule has 0 aliphatic carbocycles. The van der Waals surface area contributed by atoms with Crippen LogP contribution in [0.2, 0.25) is 0 Å². The molecule has 0 aliphatic rings. The third-order valence-electron chi connectivity index (χ3n) is 4.90. The normalized spacial score (nSPS) is 10.8. The summed E-state index contributed by atoms with van der Waals surface area (Å²) in [6.07, 6.45) is 1.47. The number of furan rings is 1. The number of nitrogens with two attached hydrogens (primary N) is 1. The van der Waals surface area contributed by atoms with E-state index in [-0.39, 0.29) is 24.6 Å². The van der Waals surface area contributed by atoms with E-state index in [0.717, 1.165) is 10.0 Å². The van der Waals surface area contributed by atoms with E-state index in [0.29, 0.717) is 11.3 Å². The molecule has 4 aromatic rings. The highest BCUT2D eigenvalue weighted by Gasteiger charge is 2.26. The number of H-pyrrole nitrogens is 1. The summed E-state index contributed by atoms with van der Waals surface area (Å²) in [4.78, 5) is 42.3. The van der Waals surface area contributed by atoms with Crippen LogP contribution in [0, 0.1) is 0 Å². The fraction of sp³-hybridized carbons (Fsp3) is 0.0870. The average Bonchev–Trinajstić information content (AvgIpc) is 3.30. The van der Waals surface area contributed by atoms with Gasteiger partial charge in [0.2, 0.25) is 0 Å². The zero-order valence-corrected chi connectivity index (χ0v) is 18.4. The standard InChI is InChI=1S/C23H19BrN4O4/c24-17-10-8-16(9-11-17)22(30)27(14-18-7-4-12-32-18)19-20(25)28(23(31)26-21(19)29)13-15-5-2-1-3-6-15/h1-12H,13-14,25H2,(H,26,29,31). The predicted molar refractivity (Wildman–Crippen MR) is 125 cm³/mol. The van der Waals surface area contributed by atoms with Gasteiger partial charge in [0.25, 0.3) is 11.5 Å². The highest BCUT2D eigenvalue weighted by molar-refractivity contribution is 9.10. The van der Waals surface area contributed by atoms with E-state index in [1.54, 1.807) is 36.4 Å². The molecule has 162 valence electrons. The van der Waals surface area contributed by atoms with Crippen LogP contribution in [0.3, 0.4) is 0 Å². The Labute approximate surface area is 191 Å². The molecule has 4 rings (SSSR count). The van der Waals surface area contributed by atoms with Crippen molar-refractivity contribution in [3.05, 3.63) is 115 Å². The van der Waals surface area contributed by atoms with E-state index in [4.69, 9.17) is 10.2 Å². The van der Waals surface area contributed by atoms with Crippen molar-refractivity contribution in [2.75, 3.05) is 10.6 Å². The summed E-state index contributed by atoms with van der Waals surface area (Å²) >= 11 is 3.34. The molecule has 32 heavy (non-hydrogen) atoms. The molecule has 0 atom stereocenters. The molecule has 0 spiro atoms. The molecular formula is C23H19BrN4O4. The van der Waals surface area contributed by atoms with Crippen molar-refractivity contribution in [2.24, 2.45) is 0 Å². The first kappa shape index (κ1) is 21.4. The van der Waals surface area contributed by atoms with E-state index in [2.05, 4.69) is 20.9 Å². The van der Waals surface area contributed by atoms with Crippen molar-refractivity contribution < 1.29 is 9.21 Å². The second-order valence-corrected chi connectivity index (χ2v) is 7.96. The largest absolute Gasteiger partial charge is 0.467 e. The van der Waals surface area contributed by atoms with Crippen LogP contribution in [0.25, 0.3) is 0 Å². The first-order valence-electron chi connectivity index (χ1n) is 9.70. The zero-order valence-electron chi connectivity index (χ0n) is 16.8. The molecule has 0 aliphatic heterocycles. The summed E-state index contributed by atoms with van der Waals surface area (Å²) in [5, 5.41) is 0. The molecule has 0 unspecified atom stereocenters. The SMILES string of the molecule is Nc1c(N(Cc2ccco2)C(=O)c2ccc(Br)cc2)c(=O)[nH]c(=O)n1Cc1ccccc1. The second kappa shape index (κ2) is 9.11. The summed E-state index contributed by atoms with van der Waals surface area (Å²) in [7, 11) is 0. The zero-order chi connectivity index (χ0) is 22.7. The van der Waals surface area contributed by atoms with E-state index in [1.165, 1.54) is 15.7 Å². The van der Waals surface area contributed by atoms with Crippen molar-refractivity contribution in [3.63, 3.8) is 0 Å². The van der Waals surface area contributed by atoms with Gasteiger partial charge in [-0.3, -0.25) is 24.0 Å². The van der Waals surface area contributed by atoms with Gasteiger partial charge in [-0.05, 0) is 42.0 Å². The lowest BCUT2D eigenvalue weighted by Crippen LogP contribution is -2.41. The van der Waals surface area contributed by atoms with Crippen LogP contribution in [0.5, 0.6) is 0 Å². The van der Waals surface area contributed by atoms with Gasteiger partial charge in [-0.2, -0.15) is 0 Å². The predicted octanol–water partition coefficient (Wildman–Crippen LogP) is 3.37. The summed E-state index contributed by atoms with van der Waals surface area (Å²) in [5.74, 6) is -0.120. The third kappa shape index (κ3) is 4.42. The van der Waals surface area contributed by atoms with Gasteiger partial charge < -0.3 is 10.2 Å². The molecule has 9 heteroatoms. The minimum atomic E-state index is -0.756. The Balaban J connectivity index is 1.83. The van der Waals surface area contributed by atoms with Crippen LogP contribution in [-0.2, 0) is 13.1 Å². The first-order valence-corrected chi connectivity index (χ1v) is 10.5. The smallest absolute Gasteiger partial charge is 0.330 e. The van der Waals surface area contributed by atoms with E-state index in [1.807, 2.05) is 30.3 Å². The lowest BCUT2D eigenvalue weighted by Gasteiger charge is -2.24. The number of aromatic nitrogens is 2. The van der Waals surface area contributed by atoms with Gasteiger partial charge in [-0.1, -0.05) is 46.3 Å². The number of amides is 1. The maximum Gasteiger partial charge on any atom is 0.330 e. The Morgan fingerprint density at radius 2 is 1.75 bits per heavy atom. The van der Waals surface area contributed by atoms with Crippen LogP contribution in [0.4, 0.5) is 11.5 Å². The van der Waals surface area contributed by atoms with Gasteiger partial charge >= 0.3 is 5.69 Å². The lowest BCUT2D eigenvalue weighted by molar-refractivity contribution is 0.0983. The number of halogens is 1. The molecule has 2 aromatic heterocycles. The summed E-state index contributed by atoms with van der Waals surface area (Å²) in [5.41, 5.74) is 5.94. The molecule has 0 saturated heterocycles. The number of hydrogen-bond donors (Lipinski definition) is 2. The number of benzene rings is 2. The van der Waals surface area contributed by atoms with Crippen LogP contribution >= 0.6 is 15.9 Å².